The van der Waals surface area contributed by atoms with Gasteiger partial charge in [-0.05, 0) is 19.1 Å². The van der Waals surface area contributed by atoms with Gasteiger partial charge in [0.05, 0.1) is 10.7 Å². The van der Waals surface area contributed by atoms with Gasteiger partial charge < -0.3 is 10.1 Å². The number of nitrogens with zero attached hydrogens (tertiary/aromatic N) is 1. The van der Waals surface area contributed by atoms with Crippen molar-refractivity contribution in [2.24, 2.45) is 0 Å². The van der Waals surface area contributed by atoms with E-state index >= 15 is 0 Å². The number of hydrogen-bond acceptors (Lipinski definition) is 3. The molecular weight excluding hydrogens is 256 g/mol. The first-order chi connectivity index (χ1) is 8.50. The molecule has 5 nitrogen and oxygen atoms in total. The van der Waals surface area contributed by atoms with Crippen LogP contribution in [-0.4, -0.2) is 21.0 Å². The van der Waals surface area contributed by atoms with E-state index in [-0.39, 0.29) is 17.1 Å². The average molecular weight is 265 g/mol. The minimum absolute atomic E-state index is 0.154. The molecule has 1 heterocycles. The van der Waals surface area contributed by atoms with Crippen molar-refractivity contribution >= 4 is 17.6 Å². The van der Waals surface area contributed by atoms with E-state index in [1.54, 1.807) is 24.3 Å². The second-order valence-corrected chi connectivity index (χ2v) is 4.07. The molecule has 1 aromatic carbocycles. The highest BCUT2D eigenvalue weighted by molar-refractivity contribution is 6.33. The molecule has 1 aromatic heterocycles. The molecule has 0 bridgehead atoms. The quantitative estimate of drug-likeness (QED) is 0.870. The predicted molar refractivity (Wildman–Crippen MR) is 67.0 cm³/mol. The van der Waals surface area contributed by atoms with Gasteiger partial charge in [0, 0.05) is 5.56 Å². The second-order valence-electron chi connectivity index (χ2n) is 3.66. The van der Waals surface area contributed by atoms with Crippen molar-refractivity contribution in [1.82, 2.24) is 9.97 Å². The number of aromatic amines is 1. The summed E-state index contributed by atoms with van der Waals surface area (Å²) in [5, 5.41) is 9.31. The zero-order chi connectivity index (χ0) is 13.3. The first kappa shape index (κ1) is 12.3. The fraction of sp³-hybridized carbons (Fsp3) is 0.0833. The summed E-state index contributed by atoms with van der Waals surface area (Å²) in [6.45, 7) is 1.47. The molecule has 18 heavy (non-hydrogen) atoms. The Morgan fingerprint density at radius 3 is 2.61 bits per heavy atom. The van der Waals surface area contributed by atoms with Crippen LogP contribution in [0.1, 0.15) is 16.1 Å². The molecule has 0 amide bonds. The van der Waals surface area contributed by atoms with Crippen molar-refractivity contribution in [1.29, 1.82) is 0 Å². The lowest BCUT2D eigenvalue weighted by Crippen LogP contribution is -2.21. The minimum atomic E-state index is -1.30. The van der Waals surface area contributed by atoms with Gasteiger partial charge in [0.1, 0.15) is 11.4 Å². The Bertz CT molecular complexity index is 679. The number of aromatic nitrogens is 2. The Hall–Kier alpha value is -2.14. The summed E-state index contributed by atoms with van der Waals surface area (Å²) in [5.41, 5.74) is -0.340. The first-order valence-corrected chi connectivity index (χ1v) is 5.47. The number of carboxylic acids is 1. The predicted octanol–water partition coefficient (Wildman–Crippen LogP) is 2.10. The van der Waals surface area contributed by atoms with Crippen LogP contribution in [0.5, 0.6) is 0 Å². The SMILES string of the molecule is Cc1nc(-c2ccccc2Cl)[nH]c(=O)c1C(=O)O. The maximum atomic E-state index is 11.7. The van der Waals surface area contributed by atoms with Crippen molar-refractivity contribution in [2.75, 3.05) is 0 Å². The zero-order valence-corrected chi connectivity index (χ0v) is 10.2. The van der Waals surface area contributed by atoms with Gasteiger partial charge in [-0.2, -0.15) is 0 Å². The molecule has 2 N–H and O–H groups in total. The van der Waals surface area contributed by atoms with Crippen LogP contribution in [0.4, 0.5) is 0 Å². The highest BCUT2D eigenvalue weighted by Crippen LogP contribution is 2.24. The van der Waals surface area contributed by atoms with E-state index in [9.17, 15) is 9.59 Å². The fourth-order valence-corrected chi connectivity index (χ4v) is 1.84. The molecule has 0 saturated heterocycles. The van der Waals surface area contributed by atoms with E-state index in [0.717, 1.165) is 0 Å². The van der Waals surface area contributed by atoms with Gasteiger partial charge in [0.25, 0.3) is 5.56 Å². The van der Waals surface area contributed by atoms with E-state index in [1.165, 1.54) is 6.92 Å². The monoisotopic (exact) mass is 264 g/mol. The summed E-state index contributed by atoms with van der Waals surface area (Å²) >= 11 is 5.99. The van der Waals surface area contributed by atoms with Crippen LogP contribution in [0.2, 0.25) is 5.02 Å². The van der Waals surface area contributed by atoms with Crippen LogP contribution in [-0.2, 0) is 0 Å². The third-order valence-electron chi connectivity index (χ3n) is 2.44. The van der Waals surface area contributed by atoms with Gasteiger partial charge in [-0.1, -0.05) is 23.7 Å². The van der Waals surface area contributed by atoms with E-state index < -0.39 is 11.5 Å². The summed E-state index contributed by atoms with van der Waals surface area (Å²) in [4.78, 5) is 29.0. The number of H-pyrrole nitrogens is 1. The average Bonchev–Trinajstić information content (AvgIpc) is 2.27. The molecule has 0 aliphatic heterocycles. The largest absolute Gasteiger partial charge is 0.477 e. The number of hydrogen-bond donors (Lipinski definition) is 2. The Morgan fingerprint density at radius 2 is 2.06 bits per heavy atom. The number of carboxylic acid groups (broad SMARTS) is 1. The van der Waals surface area contributed by atoms with Gasteiger partial charge >= 0.3 is 5.97 Å². The maximum Gasteiger partial charge on any atom is 0.343 e. The summed E-state index contributed by atoms with van der Waals surface area (Å²) in [7, 11) is 0. The molecule has 92 valence electrons. The first-order valence-electron chi connectivity index (χ1n) is 5.10. The van der Waals surface area contributed by atoms with Crippen molar-refractivity contribution in [3.8, 4) is 11.4 Å². The van der Waals surface area contributed by atoms with E-state index in [2.05, 4.69) is 9.97 Å². The minimum Gasteiger partial charge on any atom is -0.477 e. The van der Waals surface area contributed by atoms with E-state index in [4.69, 9.17) is 16.7 Å². The maximum absolute atomic E-state index is 11.7. The smallest absolute Gasteiger partial charge is 0.343 e. The fourth-order valence-electron chi connectivity index (χ4n) is 1.62. The van der Waals surface area contributed by atoms with Crippen molar-refractivity contribution in [3.63, 3.8) is 0 Å². The molecule has 0 aliphatic rings. The summed E-state index contributed by atoms with van der Waals surface area (Å²) in [5.74, 6) is -1.04. The van der Waals surface area contributed by atoms with Crippen LogP contribution in [0, 0.1) is 6.92 Å². The zero-order valence-electron chi connectivity index (χ0n) is 9.40. The molecule has 0 spiro atoms. The van der Waals surface area contributed by atoms with Crippen LogP contribution in [0.15, 0.2) is 29.1 Å². The lowest BCUT2D eigenvalue weighted by atomic mass is 10.2. The molecule has 2 aromatic rings. The van der Waals surface area contributed by atoms with E-state index in [1.807, 2.05) is 0 Å². The summed E-state index contributed by atoms with van der Waals surface area (Å²) in [6, 6.07) is 6.86. The molecule has 2 rings (SSSR count). The second kappa shape index (κ2) is 4.62. The van der Waals surface area contributed by atoms with Gasteiger partial charge in [-0.15, -0.1) is 0 Å². The Kier molecular flexibility index (Phi) is 3.16. The van der Waals surface area contributed by atoms with Crippen LogP contribution in [0.3, 0.4) is 0 Å². The Morgan fingerprint density at radius 1 is 1.39 bits per heavy atom. The van der Waals surface area contributed by atoms with Gasteiger partial charge in [-0.3, -0.25) is 4.79 Å². The number of aryl methyl sites for hydroxylation is 1. The van der Waals surface area contributed by atoms with Gasteiger partial charge in [0.15, 0.2) is 0 Å². The molecule has 0 saturated carbocycles. The third kappa shape index (κ3) is 2.12. The Labute approximate surface area is 107 Å². The topological polar surface area (TPSA) is 83.0 Å². The van der Waals surface area contributed by atoms with Gasteiger partial charge in [-0.25, -0.2) is 9.78 Å². The highest BCUT2D eigenvalue weighted by Gasteiger charge is 2.16. The molecule has 0 radical (unpaired) electrons. The molecule has 0 unspecified atom stereocenters. The normalized spacial score (nSPS) is 10.3. The lowest BCUT2D eigenvalue weighted by molar-refractivity contribution is 0.0693. The van der Waals surface area contributed by atoms with Crippen molar-refractivity contribution in [3.05, 3.63) is 50.9 Å². The number of nitrogens with one attached hydrogen (secondary N) is 1. The lowest BCUT2D eigenvalue weighted by Gasteiger charge is -2.05. The van der Waals surface area contributed by atoms with Crippen molar-refractivity contribution < 1.29 is 9.90 Å². The summed E-state index contributed by atoms with van der Waals surface area (Å²) in [6.07, 6.45) is 0. The van der Waals surface area contributed by atoms with Crippen molar-refractivity contribution in [2.45, 2.75) is 6.92 Å². The van der Waals surface area contributed by atoms with Crippen LogP contribution < -0.4 is 5.56 Å². The number of halogens is 1. The standard InChI is InChI=1S/C12H9ClN2O3/c1-6-9(12(17)18)11(16)15-10(14-6)7-4-2-3-5-8(7)13/h2-5H,1H3,(H,17,18)(H,14,15,16). The highest BCUT2D eigenvalue weighted by atomic mass is 35.5. The van der Waals surface area contributed by atoms with Gasteiger partial charge in [0.2, 0.25) is 0 Å². The number of rotatable bonds is 2. The number of carbonyl (C=O) groups is 1. The molecule has 0 fully saturated rings. The number of benzene rings is 1. The molecule has 6 heteroatoms. The van der Waals surface area contributed by atoms with Crippen LogP contribution in [0.25, 0.3) is 11.4 Å². The van der Waals surface area contributed by atoms with Crippen LogP contribution >= 0.6 is 11.6 Å². The van der Waals surface area contributed by atoms with E-state index in [0.29, 0.717) is 10.6 Å². The molecule has 0 aliphatic carbocycles. The molecular formula is C12H9ClN2O3. The number of aromatic carboxylic acids is 1. The molecule has 0 atom stereocenters. The third-order valence-corrected chi connectivity index (χ3v) is 2.77. The Balaban J connectivity index is 2.67. The summed E-state index contributed by atoms with van der Waals surface area (Å²) < 4.78 is 0.